The van der Waals surface area contributed by atoms with Gasteiger partial charge < -0.3 is 9.67 Å². The van der Waals surface area contributed by atoms with Crippen LogP contribution in [0.4, 0.5) is 5.69 Å². The first-order valence-electron chi connectivity index (χ1n) is 9.67. The Morgan fingerprint density at radius 3 is 2.50 bits per heavy atom. The number of rotatable bonds is 7. The van der Waals surface area contributed by atoms with E-state index in [1.807, 2.05) is 47.9 Å². The smallest absolute Gasteiger partial charge is 0.264 e. The predicted octanol–water partition coefficient (Wildman–Crippen LogP) is 3.60. The molecule has 3 aromatic carbocycles. The second kappa shape index (κ2) is 8.30. The Balaban J connectivity index is 1.66. The number of para-hydroxylation sites is 2. The molecule has 1 aromatic heterocycles. The highest BCUT2D eigenvalue weighted by atomic mass is 32.2. The van der Waals surface area contributed by atoms with Crippen molar-refractivity contribution >= 4 is 26.7 Å². The van der Waals surface area contributed by atoms with Crippen LogP contribution < -0.4 is 4.31 Å². The predicted molar refractivity (Wildman–Crippen MR) is 118 cm³/mol. The third-order valence-corrected chi connectivity index (χ3v) is 6.74. The van der Waals surface area contributed by atoms with E-state index in [0.717, 1.165) is 16.6 Å². The average molecular weight is 422 g/mol. The van der Waals surface area contributed by atoms with Gasteiger partial charge in [-0.25, -0.2) is 13.4 Å². The number of hydrogen-bond acceptors (Lipinski definition) is 4. The Bertz CT molecular complexity index is 1250. The van der Waals surface area contributed by atoms with E-state index in [-0.39, 0.29) is 18.0 Å². The first-order valence-corrected chi connectivity index (χ1v) is 11.1. The molecule has 0 radical (unpaired) electrons. The van der Waals surface area contributed by atoms with E-state index in [1.165, 1.54) is 4.31 Å². The number of aryl methyl sites for hydroxylation is 1. The summed E-state index contributed by atoms with van der Waals surface area (Å²) in [6.45, 7) is 2.06. The molecule has 0 aliphatic carbocycles. The number of benzene rings is 3. The molecule has 4 rings (SSSR count). The van der Waals surface area contributed by atoms with Gasteiger partial charge in [-0.2, -0.15) is 0 Å². The van der Waals surface area contributed by atoms with Gasteiger partial charge in [0.15, 0.2) is 0 Å². The number of aromatic nitrogens is 2. The van der Waals surface area contributed by atoms with Gasteiger partial charge >= 0.3 is 0 Å². The molecule has 7 heteroatoms. The van der Waals surface area contributed by atoms with E-state index in [1.54, 1.807) is 48.8 Å². The van der Waals surface area contributed by atoms with Crippen molar-refractivity contribution in [3.8, 4) is 0 Å². The van der Waals surface area contributed by atoms with Gasteiger partial charge in [0.2, 0.25) is 0 Å². The van der Waals surface area contributed by atoms with Crippen LogP contribution in [0.2, 0.25) is 0 Å². The van der Waals surface area contributed by atoms with Crippen molar-refractivity contribution in [1.29, 1.82) is 0 Å². The van der Waals surface area contributed by atoms with Gasteiger partial charge in [-0.05, 0) is 48.9 Å². The van der Waals surface area contributed by atoms with Crippen LogP contribution in [0.3, 0.4) is 0 Å². The fraction of sp³-hybridized carbons (Fsp3) is 0.174. The highest BCUT2D eigenvalue weighted by Crippen LogP contribution is 2.25. The zero-order chi connectivity index (χ0) is 21.1. The molecule has 0 spiro atoms. The summed E-state index contributed by atoms with van der Waals surface area (Å²) in [4.78, 5) is 4.52. The monoisotopic (exact) mass is 421 g/mol. The zero-order valence-electron chi connectivity index (χ0n) is 16.6. The van der Waals surface area contributed by atoms with Gasteiger partial charge in [0.25, 0.3) is 10.0 Å². The molecule has 1 atom stereocenters. The molecule has 6 nitrogen and oxygen atoms in total. The van der Waals surface area contributed by atoms with Crippen LogP contribution in [0, 0.1) is 6.92 Å². The topological polar surface area (TPSA) is 75.4 Å². The molecule has 0 saturated carbocycles. The number of anilines is 1. The van der Waals surface area contributed by atoms with E-state index in [0.29, 0.717) is 5.69 Å². The van der Waals surface area contributed by atoms with E-state index in [9.17, 15) is 13.5 Å². The van der Waals surface area contributed by atoms with Gasteiger partial charge in [-0.1, -0.05) is 42.5 Å². The molecule has 1 heterocycles. The summed E-state index contributed by atoms with van der Waals surface area (Å²) >= 11 is 0. The van der Waals surface area contributed by atoms with Crippen LogP contribution in [-0.4, -0.2) is 35.7 Å². The minimum atomic E-state index is -3.84. The number of aliphatic hydroxyl groups is 1. The lowest BCUT2D eigenvalue weighted by atomic mass is 10.2. The maximum absolute atomic E-state index is 13.4. The lowest BCUT2D eigenvalue weighted by Crippen LogP contribution is -2.39. The maximum Gasteiger partial charge on any atom is 0.264 e. The van der Waals surface area contributed by atoms with Crippen LogP contribution in [0.25, 0.3) is 11.0 Å². The third-order valence-electron chi connectivity index (χ3n) is 4.93. The number of imidazole rings is 1. The van der Waals surface area contributed by atoms with E-state index >= 15 is 0 Å². The molecule has 0 bridgehead atoms. The van der Waals surface area contributed by atoms with Gasteiger partial charge in [-0.3, -0.25) is 4.31 Å². The van der Waals surface area contributed by atoms with Gasteiger partial charge in [0.05, 0.1) is 47.1 Å². The number of hydrogen-bond donors (Lipinski definition) is 1. The van der Waals surface area contributed by atoms with Crippen molar-refractivity contribution in [2.75, 3.05) is 10.8 Å². The third kappa shape index (κ3) is 4.08. The van der Waals surface area contributed by atoms with E-state index in [2.05, 4.69) is 4.98 Å². The van der Waals surface area contributed by atoms with Gasteiger partial charge in [-0.15, -0.1) is 0 Å². The first-order chi connectivity index (χ1) is 14.4. The van der Waals surface area contributed by atoms with Crippen LogP contribution >= 0.6 is 0 Å². The number of nitrogens with zero attached hydrogens (tertiary/aromatic N) is 3. The van der Waals surface area contributed by atoms with Crippen LogP contribution in [-0.2, 0) is 16.6 Å². The van der Waals surface area contributed by atoms with Crippen molar-refractivity contribution in [1.82, 2.24) is 9.55 Å². The molecule has 0 fully saturated rings. The first kappa shape index (κ1) is 20.1. The molecule has 1 N–H and O–H groups in total. The SMILES string of the molecule is Cc1cccc(N(CC(O)Cn2cnc3ccccc32)S(=O)(=O)c2ccccc2)c1. The number of fused-ring (bicyclic) bond motifs is 1. The van der Waals surface area contributed by atoms with Crippen molar-refractivity contribution < 1.29 is 13.5 Å². The van der Waals surface area contributed by atoms with E-state index in [4.69, 9.17) is 0 Å². The molecular weight excluding hydrogens is 398 g/mol. The Morgan fingerprint density at radius 1 is 1.00 bits per heavy atom. The summed E-state index contributed by atoms with van der Waals surface area (Å²) in [6.07, 6.45) is 0.734. The minimum Gasteiger partial charge on any atom is -0.389 e. The number of aliphatic hydroxyl groups excluding tert-OH is 1. The normalized spacial score (nSPS) is 12.7. The fourth-order valence-corrected chi connectivity index (χ4v) is 4.99. The molecule has 4 aromatic rings. The Morgan fingerprint density at radius 2 is 1.73 bits per heavy atom. The second-order valence-electron chi connectivity index (χ2n) is 7.23. The second-order valence-corrected chi connectivity index (χ2v) is 9.09. The number of sulfonamides is 1. The molecule has 0 aliphatic heterocycles. The summed E-state index contributed by atoms with van der Waals surface area (Å²) in [5.41, 5.74) is 3.19. The van der Waals surface area contributed by atoms with Crippen molar-refractivity contribution in [2.45, 2.75) is 24.5 Å². The van der Waals surface area contributed by atoms with Crippen LogP contribution in [0.1, 0.15) is 5.56 Å². The van der Waals surface area contributed by atoms with Crippen LogP contribution in [0.5, 0.6) is 0 Å². The molecule has 1 unspecified atom stereocenters. The lowest BCUT2D eigenvalue weighted by molar-refractivity contribution is 0.164. The molecule has 0 amide bonds. The largest absolute Gasteiger partial charge is 0.389 e. The van der Waals surface area contributed by atoms with Gasteiger partial charge in [0, 0.05) is 0 Å². The Kier molecular flexibility index (Phi) is 5.57. The maximum atomic E-state index is 13.4. The molecule has 30 heavy (non-hydrogen) atoms. The van der Waals surface area contributed by atoms with Crippen LogP contribution in [0.15, 0.2) is 90.1 Å². The zero-order valence-corrected chi connectivity index (χ0v) is 17.4. The highest BCUT2D eigenvalue weighted by Gasteiger charge is 2.27. The van der Waals surface area contributed by atoms with Crippen molar-refractivity contribution in [2.24, 2.45) is 0 Å². The molecule has 0 saturated heterocycles. The molecule has 0 aliphatic rings. The summed E-state index contributed by atoms with van der Waals surface area (Å²) in [6, 6.07) is 23.2. The fourth-order valence-electron chi connectivity index (χ4n) is 3.48. The van der Waals surface area contributed by atoms with Crippen molar-refractivity contribution in [3.63, 3.8) is 0 Å². The molecular formula is C23H23N3O3S. The summed E-state index contributed by atoms with van der Waals surface area (Å²) in [5, 5.41) is 10.8. The Hall–Kier alpha value is -3.16. The van der Waals surface area contributed by atoms with Gasteiger partial charge in [0.1, 0.15) is 0 Å². The average Bonchev–Trinajstić information content (AvgIpc) is 3.15. The minimum absolute atomic E-state index is 0.0762. The summed E-state index contributed by atoms with van der Waals surface area (Å²) in [7, 11) is -3.84. The summed E-state index contributed by atoms with van der Waals surface area (Å²) < 4.78 is 29.9. The van der Waals surface area contributed by atoms with Crippen molar-refractivity contribution in [3.05, 3.63) is 90.8 Å². The van der Waals surface area contributed by atoms with E-state index < -0.39 is 16.1 Å². The quantitative estimate of drug-likeness (QED) is 0.495. The highest BCUT2D eigenvalue weighted by molar-refractivity contribution is 7.92. The Labute approximate surface area is 176 Å². The summed E-state index contributed by atoms with van der Waals surface area (Å²) in [5.74, 6) is 0. The lowest BCUT2D eigenvalue weighted by Gasteiger charge is -2.27. The standard InChI is InChI=1S/C23H23N3O3S/c1-18-8-7-9-19(14-18)26(30(28,29)21-10-3-2-4-11-21)16-20(27)15-25-17-24-22-12-5-6-13-23(22)25/h2-14,17,20,27H,15-16H2,1H3. The molecule has 154 valence electrons.